The second-order valence-corrected chi connectivity index (χ2v) is 10.1. The number of carbonyl (C=O) groups is 2. The fraction of sp³-hybridized carbons (Fsp3) is 0.172. The number of rotatable bonds is 6. The lowest BCUT2D eigenvalue weighted by molar-refractivity contribution is -0.132. The SMILES string of the molecule is Cc1ccc([C@H]2/C(=C(\O)c3ccc(OCc4cccc(C)c4)cc3)C(=O)C(=O)N2c2nnc(C)s2)cc1. The number of ketones is 1. The van der Waals surface area contributed by atoms with Gasteiger partial charge in [-0.15, -0.1) is 10.2 Å². The molecule has 0 saturated carbocycles. The van der Waals surface area contributed by atoms with E-state index in [1.165, 1.54) is 16.2 Å². The van der Waals surface area contributed by atoms with E-state index in [9.17, 15) is 14.7 Å². The van der Waals surface area contributed by atoms with Crippen molar-refractivity contribution in [2.24, 2.45) is 0 Å². The number of ether oxygens (including phenoxy) is 1. The smallest absolute Gasteiger partial charge is 0.301 e. The number of hydrogen-bond acceptors (Lipinski definition) is 7. The van der Waals surface area contributed by atoms with Crippen molar-refractivity contribution in [3.63, 3.8) is 0 Å². The zero-order valence-electron chi connectivity index (χ0n) is 20.6. The van der Waals surface area contributed by atoms with Crippen molar-refractivity contribution in [1.82, 2.24) is 10.2 Å². The monoisotopic (exact) mass is 511 g/mol. The molecule has 1 amide bonds. The number of aliphatic hydroxyl groups is 1. The van der Waals surface area contributed by atoms with Crippen LogP contribution in [-0.4, -0.2) is 27.0 Å². The number of nitrogens with zero attached hydrogens (tertiary/aromatic N) is 3. The van der Waals surface area contributed by atoms with Gasteiger partial charge in [0.15, 0.2) is 0 Å². The molecule has 1 aliphatic heterocycles. The van der Waals surface area contributed by atoms with Crippen molar-refractivity contribution >= 4 is 33.9 Å². The molecular formula is C29H25N3O4S. The van der Waals surface area contributed by atoms with Gasteiger partial charge in [-0.05, 0) is 56.2 Å². The second-order valence-electron chi connectivity index (χ2n) is 8.99. The molecule has 1 aromatic heterocycles. The molecule has 5 rings (SSSR count). The van der Waals surface area contributed by atoms with Crippen LogP contribution in [0.3, 0.4) is 0 Å². The van der Waals surface area contributed by atoms with Crippen molar-refractivity contribution < 1.29 is 19.4 Å². The van der Waals surface area contributed by atoms with Gasteiger partial charge in [-0.25, -0.2) is 0 Å². The first-order chi connectivity index (χ1) is 17.8. The van der Waals surface area contributed by atoms with Gasteiger partial charge in [0.2, 0.25) is 5.13 Å². The molecule has 0 radical (unpaired) electrons. The average molecular weight is 512 g/mol. The number of amides is 1. The summed E-state index contributed by atoms with van der Waals surface area (Å²) in [5.74, 6) is -1.15. The van der Waals surface area contributed by atoms with E-state index in [1.54, 1.807) is 31.2 Å². The molecule has 2 heterocycles. The highest BCUT2D eigenvalue weighted by molar-refractivity contribution is 7.15. The third kappa shape index (κ3) is 4.88. The number of aliphatic hydroxyl groups excluding tert-OH is 1. The molecule has 0 aliphatic carbocycles. The standard InChI is InChI=1S/C29H25N3O4S/c1-17-7-9-21(10-8-17)25-24(27(34)28(35)32(25)29-31-30-19(3)37-29)26(33)22-11-13-23(14-12-22)36-16-20-6-4-5-18(2)15-20/h4-15,25,33H,16H2,1-3H3/b26-24+/t25-/m0/s1. The van der Waals surface area contributed by atoms with Crippen LogP contribution in [0, 0.1) is 20.8 Å². The molecule has 37 heavy (non-hydrogen) atoms. The Labute approximate surface area is 218 Å². The first-order valence-corrected chi connectivity index (χ1v) is 12.6. The van der Waals surface area contributed by atoms with Crippen molar-refractivity contribution in [2.75, 3.05) is 4.90 Å². The van der Waals surface area contributed by atoms with E-state index in [0.29, 0.717) is 33.6 Å². The van der Waals surface area contributed by atoms with Crippen LogP contribution in [0.4, 0.5) is 5.13 Å². The van der Waals surface area contributed by atoms with Crippen molar-refractivity contribution in [2.45, 2.75) is 33.4 Å². The van der Waals surface area contributed by atoms with E-state index in [4.69, 9.17) is 4.74 Å². The Hall–Kier alpha value is -4.30. The first kappa shape index (κ1) is 24.4. The lowest BCUT2D eigenvalue weighted by atomic mass is 9.95. The maximum atomic E-state index is 13.2. The molecule has 8 heteroatoms. The fourth-order valence-corrected chi connectivity index (χ4v) is 5.02. The number of anilines is 1. The predicted octanol–water partition coefficient (Wildman–Crippen LogP) is 5.67. The molecule has 1 N–H and O–H groups in total. The molecule has 3 aromatic carbocycles. The molecule has 0 bridgehead atoms. The number of aromatic nitrogens is 2. The molecule has 1 fully saturated rings. The third-order valence-corrected chi connectivity index (χ3v) is 7.01. The van der Waals surface area contributed by atoms with E-state index in [2.05, 4.69) is 16.3 Å². The van der Waals surface area contributed by atoms with Gasteiger partial charge in [0, 0.05) is 5.56 Å². The van der Waals surface area contributed by atoms with Gasteiger partial charge in [-0.3, -0.25) is 14.5 Å². The predicted molar refractivity (Wildman–Crippen MR) is 143 cm³/mol. The quantitative estimate of drug-likeness (QED) is 0.204. The Balaban J connectivity index is 1.50. The highest BCUT2D eigenvalue weighted by Crippen LogP contribution is 2.43. The van der Waals surface area contributed by atoms with Crippen LogP contribution in [0.2, 0.25) is 0 Å². The summed E-state index contributed by atoms with van der Waals surface area (Å²) < 4.78 is 5.88. The first-order valence-electron chi connectivity index (χ1n) is 11.8. The maximum Gasteiger partial charge on any atom is 0.301 e. The Kier molecular flexibility index (Phi) is 6.58. The molecule has 1 saturated heterocycles. The minimum atomic E-state index is -0.829. The van der Waals surface area contributed by atoms with Gasteiger partial charge in [0.1, 0.15) is 23.1 Å². The number of benzene rings is 3. The summed E-state index contributed by atoms with van der Waals surface area (Å²) in [6.45, 7) is 6.17. The topological polar surface area (TPSA) is 92.6 Å². The minimum absolute atomic E-state index is 0.00938. The van der Waals surface area contributed by atoms with Gasteiger partial charge >= 0.3 is 5.91 Å². The Morgan fingerprint density at radius 3 is 2.32 bits per heavy atom. The van der Waals surface area contributed by atoms with E-state index in [1.807, 2.05) is 56.3 Å². The van der Waals surface area contributed by atoms with Gasteiger partial charge in [0.25, 0.3) is 5.78 Å². The van der Waals surface area contributed by atoms with Crippen LogP contribution in [-0.2, 0) is 16.2 Å². The van der Waals surface area contributed by atoms with Crippen molar-refractivity contribution in [3.05, 3.63) is 111 Å². The summed E-state index contributed by atoms with van der Waals surface area (Å²) in [6.07, 6.45) is 0. The van der Waals surface area contributed by atoms with E-state index in [-0.39, 0.29) is 11.3 Å². The Bertz CT molecular complexity index is 1510. The molecule has 0 spiro atoms. The zero-order chi connectivity index (χ0) is 26.1. The second kappa shape index (κ2) is 9.99. The molecule has 0 unspecified atom stereocenters. The summed E-state index contributed by atoms with van der Waals surface area (Å²) in [5.41, 5.74) is 4.36. The van der Waals surface area contributed by atoms with Gasteiger partial charge in [-0.2, -0.15) is 0 Å². The van der Waals surface area contributed by atoms with Crippen LogP contribution >= 0.6 is 11.3 Å². The summed E-state index contributed by atoms with van der Waals surface area (Å²) in [7, 11) is 0. The Morgan fingerprint density at radius 2 is 1.68 bits per heavy atom. The Morgan fingerprint density at radius 1 is 0.946 bits per heavy atom. The van der Waals surface area contributed by atoms with Gasteiger partial charge in [-0.1, -0.05) is 71.0 Å². The van der Waals surface area contributed by atoms with Crippen LogP contribution in [0.1, 0.15) is 38.9 Å². The molecular weight excluding hydrogens is 486 g/mol. The third-order valence-electron chi connectivity index (χ3n) is 6.17. The lowest BCUT2D eigenvalue weighted by Crippen LogP contribution is -2.29. The van der Waals surface area contributed by atoms with Gasteiger partial charge < -0.3 is 9.84 Å². The summed E-state index contributed by atoms with van der Waals surface area (Å²) in [4.78, 5) is 27.7. The molecule has 4 aromatic rings. The van der Waals surface area contributed by atoms with Crippen molar-refractivity contribution in [3.8, 4) is 5.75 Å². The highest BCUT2D eigenvalue weighted by atomic mass is 32.1. The lowest BCUT2D eigenvalue weighted by Gasteiger charge is -2.22. The molecule has 186 valence electrons. The van der Waals surface area contributed by atoms with E-state index < -0.39 is 17.7 Å². The number of aryl methyl sites for hydroxylation is 3. The molecule has 7 nitrogen and oxygen atoms in total. The number of Topliss-reactive ketones (excluding diaryl/α,β-unsaturated/α-hetero) is 1. The van der Waals surface area contributed by atoms with Crippen LogP contribution in [0.15, 0.2) is 78.4 Å². The van der Waals surface area contributed by atoms with Gasteiger partial charge in [0.05, 0.1) is 11.6 Å². The molecule has 1 atom stereocenters. The summed E-state index contributed by atoms with van der Waals surface area (Å²) in [6, 6.07) is 21.6. The summed E-state index contributed by atoms with van der Waals surface area (Å²) >= 11 is 1.22. The average Bonchev–Trinajstić information content (AvgIpc) is 3.43. The van der Waals surface area contributed by atoms with Crippen LogP contribution < -0.4 is 9.64 Å². The van der Waals surface area contributed by atoms with Crippen molar-refractivity contribution in [1.29, 1.82) is 0 Å². The van der Waals surface area contributed by atoms with Crippen LogP contribution in [0.25, 0.3) is 5.76 Å². The highest BCUT2D eigenvalue weighted by Gasteiger charge is 2.48. The van der Waals surface area contributed by atoms with E-state index >= 15 is 0 Å². The minimum Gasteiger partial charge on any atom is -0.507 e. The fourth-order valence-electron chi connectivity index (χ4n) is 4.31. The zero-order valence-corrected chi connectivity index (χ0v) is 21.5. The van der Waals surface area contributed by atoms with Crippen LogP contribution in [0.5, 0.6) is 5.75 Å². The maximum absolute atomic E-state index is 13.2. The molecule has 1 aliphatic rings. The number of hydrogen-bond donors (Lipinski definition) is 1. The van der Waals surface area contributed by atoms with E-state index in [0.717, 1.165) is 16.7 Å². The number of carbonyl (C=O) groups excluding carboxylic acids is 2. The largest absolute Gasteiger partial charge is 0.507 e. The normalized spacial score (nSPS) is 16.8. The summed E-state index contributed by atoms with van der Waals surface area (Å²) in [5, 5.41) is 20.4.